The van der Waals surface area contributed by atoms with Crippen molar-refractivity contribution in [3.05, 3.63) is 23.9 Å². The molecule has 0 fully saturated rings. The van der Waals surface area contributed by atoms with Gasteiger partial charge in [0.15, 0.2) is 0 Å². The Morgan fingerprint density at radius 1 is 1.62 bits per heavy atom. The summed E-state index contributed by atoms with van der Waals surface area (Å²) in [6.07, 6.45) is 2.12. The SMILES string of the molecule is CCC(C)(O)CSc1cc(C(=O)O)ccn1. The standard InChI is InChI=1S/C11H15NO3S/c1-3-11(2,15)7-16-9-6-8(10(13)14)4-5-12-9/h4-6,15H,3,7H2,1-2H3,(H,13,14). The van der Waals surface area contributed by atoms with Crippen LogP contribution in [-0.4, -0.2) is 32.5 Å². The van der Waals surface area contributed by atoms with Crippen LogP contribution in [0.15, 0.2) is 23.4 Å². The summed E-state index contributed by atoms with van der Waals surface area (Å²) in [5.41, 5.74) is -0.528. The molecule has 88 valence electrons. The fourth-order valence-corrected chi connectivity index (χ4v) is 1.96. The number of carboxylic acids is 1. The van der Waals surface area contributed by atoms with Crippen LogP contribution >= 0.6 is 11.8 Å². The summed E-state index contributed by atoms with van der Waals surface area (Å²) in [6.45, 7) is 3.66. The molecule has 1 aromatic heterocycles. The summed E-state index contributed by atoms with van der Waals surface area (Å²) >= 11 is 1.36. The van der Waals surface area contributed by atoms with Gasteiger partial charge in [-0.05, 0) is 25.5 Å². The van der Waals surface area contributed by atoms with Gasteiger partial charge in [-0.15, -0.1) is 11.8 Å². The average molecular weight is 241 g/mol. The van der Waals surface area contributed by atoms with Crippen molar-refractivity contribution < 1.29 is 15.0 Å². The Balaban J connectivity index is 2.68. The first kappa shape index (κ1) is 13.0. The number of pyridine rings is 1. The number of hydrogen-bond acceptors (Lipinski definition) is 4. The molecule has 2 N–H and O–H groups in total. The Kier molecular flexibility index (Phi) is 4.32. The summed E-state index contributed by atoms with van der Waals surface area (Å²) < 4.78 is 0. The minimum Gasteiger partial charge on any atom is -0.478 e. The van der Waals surface area contributed by atoms with Gasteiger partial charge >= 0.3 is 5.97 Å². The second-order valence-electron chi connectivity index (χ2n) is 3.83. The first-order valence-corrected chi connectivity index (χ1v) is 5.98. The van der Waals surface area contributed by atoms with E-state index in [9.17, 15) is 9.90 Å². The molecule has 5 heteroatoms. The lowest BCUT2D eigenvalue weighted by molar-refractivity contribution is 0.0696. The van der Waals surface area contributed by atoms with E-state index in [4.69, 9.17) is 5.11 Å². The number of aromatic carboxylic acids is 1. The van der Waals surface area contributed by atoms with Gasteiger partial charge in [-0.25, -0.2) is 9.78 Å². The molecule has 0 aliphatic heterocycles. The molecule has 0 aromatic carbocycles. The quantitative estimate of drug-likeness (QED) is 0.772. The van der Waals surface area contributed by atoms with Gasteiger partial charge in [0.05, 0.1) is 16.2 Å². The van der Waals surface area contributed by atoms with E-state index in [1.54, 1.807) is 6.92 Å². The first-order valence-electron chi connectivity index (χ1n) is 4.99. The highest BCUT2D eigenvalue weighted by molar-refractivity contribution is 7.99. The second-order valence-corrected chi connectivity index (χ2v) is 4.82. The van der Waals surface area contributed by atoms with E-state index in [1.807, 2.05) is 6.92 Å². The monoisotopic (exact) mass is 241 g/mol. The largest absolute Gasteiger partial charge is 0.478 e. The van der Waals surface area contributed by atoms with Crippen LogP contribution in [0.4, 0.5) is 0 Å². The molecule has 1 unspecified atom stereocenters. The van der Waals surface area contributed by atoms with E-state index in [1.165, 1.54) is 30.1 Å². The third-order valence-electron chi connectivity index (χ3n) is 2.27. The summed E-state index contributed by atoms with van der Waals surface area (Å²) in [5, 5.41) is 19.2. The third-order valence-corrected chi connectivity index (χ3v) is 3.56. The van der Waals surface area contributed by atoms with Crippen molar-refractivity contribution in [1.82, 2.24) is 4.98 Å². The molecule has 1 rings (SSSR count). The molecule has 1 aromatic rings. The summed E-state index contributed by atoms with van der Waals surface area (Å²) in [5.74, 6) is -0.467. The number of carbonyl (C=O) groups is 1. The maximum Gasteiger partial charge on any atom is 0.335 e. The molecular formula is C11H15NO3S. The normalized spacial score (nSPS) is 14.4. The maximum absolute atomic E-state index is 10.7. The van der Waals surface area contributed by atoms with Crippen molar-refractivity contribution in [3.63, 3.8) is 0 Å². The van der Waals surface area contributed by atoms with E-state index in [0.29, 0.717) is 17.2 Å². The fraction of sp³-hybridized carbons (Fsp3) is 0.455. The Hall–Kier alpha value is -1.07. The number of hydrogen-bond donors (Lipinski definition) is 2. The van der Waals surface area contributed by atoms with Gasteiger partial charge in [0, 0.05) is 11.9 Å². The van der Waals surface area contributed by atoms with Crippen LogP contribution in [0.3, 0.4) is 0 Å². The zero-order valence-corrected chi connectivity index (χ0v) is 10.1. The van der Waals surface area contributed by atoms with Crippen molar-refractivity contribution in [3.8, 4) is 0 Å². The topological polar surface area (TPSA) is 70.4 Å². The molecule has 16 heavy (non-hydrogen) atoms. The van der Waals surface area contributed by atoms with Crippen LogP contribution in [0.1, 0.15) is 30.6 Å². The van der Waals surface area contributed by atoms with Crippen LogP contribution in [0.5, 0.6) is 0 Å². The molecular weight excluding hydrogens is 226 g/mol. The summed E-state index contributed by atoms with van der Waals surface area (Å²) in [4.78, 5) is 14.8. The van der Waals surface area contributed by atoms with Crippen molar-refractivity contribution >= 4 is 17.7 Å². The number of rotatable bonds is 5. The Morgan fingerprint density at radius 2 is 2.31 bits per heavy atom. The summed E-state index contributed by atoms with van der Waals surface area (Å²) in [6, 6.07) is 2.96. The second kappa shape index (κ2) is 5.32. The van der Waals surface area contributed by atoms with Crippen LogP contribution in [0.2, 0.25) is 0 Å². The molecule has 0 radical (unpaired) electrons. The van der Waals surface area contributed by atoms with E-state index >= 15 is 0 Å². The summed E-state index contributed by atoms with van der Waals surface area (Å²) in [7, 11) is 0. The maximum atomic E-state index is 10.7. The van der Waals surface area contributed by atoms with E-state index in [2.05, 4.69) is 4.98 Å². The van der Waals surface area contributed by atoms with Crippen molar-refractivity contribution in [2.45, 2.75) is 30.9 Å². The fourth-order valence-electron chi connectivity index (χ4n) is 0.953. The third kappa shape index (κ3) is 3.83. The van der Waals surface area contributed by atoms with Crippen LogP contribution in [0.25, 0.3) is 0 Å². The lowest BCUT2D eigenvalue weighted by Crippen LogP contribution is -2.25. The molecule has 1 heterocycles. The van der Waals surface area contributed by atoms with E-state index in [0.717, 1.165) is 0 Å². The molecule has 0 aliphatic rings. The predicted octanol–water partition coefficient (Wildman–Crippen LogP) is 2.03. The lowest BCUT2D eigenvalue weighted by Gasteiger charge is -2.20. The molecule has 0 saturated carbocycles. The Bertz CT molecular complexity index is 379. The van der Waals surface area contributed by atoms with Crippen LogP contribution < -0.4 is 0 Å². The Morgan fingerprint density at radius 3 is 2.88 bits per heavy atom. The van der Waals surface area contributed by atoms with Gasteiger partial charge in [-0.1, -0.05) is 6.92 Å². The van der Waals surface area contributed by atoms with Gasteiger partial charge in [0.2, 0.25) is 0 Å². The van der Waals surface area contributed by atoms with Crippen LogP contribution in [0, 0.1) is 0 Å². The Labute approximate surface area is 98.7 Å². The minimum absolute atomic E-state index is 0.216. The minimum atomic E-state index is -0.966. The molecule has 0 aliphatic carbocycles. The smallest absolute Gasteiger partial charge is 0.335 e. The number of carboxylic acid groups (broad SMARTS) is 1. The number of nitrogens with zero attached hydrogens (tertiary/aromatic N) is 1. The van der Waals surface area contributed by atoms with Crippen molar-refractivity contribution in [2.75, 3.05) is 5.75 Å². The molecule has 0 bridgehead atoms. The van der Waals surface area contributed by atoms with E-state index < -0.39 is 11.6 Å². The van der Waals surface area contributed by atoms with Gasteiger partial charge in [-0.3, -0.25) is 0 Å². The number of aromatic nitrogens is 1. The molecule has 0 amide bonds. The molecule has 1 atom stereocenters. The number of thioether (sulfide) groups is 1. The van der Waals surface area contributed by atoms with Gasteiger partial charge in [0.25, 0.3) is 0 Å². The van der Waals surface area contributed by atoms with E-state index in [-0.39, 0.29) is 5.56 Å². The van der Waals surface area contributed by atoms with Crippen LogP contribution in [-0.2, 0) is 0 Å². The molecule has 0 saturated heterocycles. The van der Waals surface area contributed by atoms with Crippen molar-refractivity contribution in [1.29, 1.82) is 0 Å². The lowest BCUT2D eigenvalue weighted by atomic mass is 10.1. The predicted molar refractivity (Wildman–Crippen MR) is 62.8 cm³/mol. The zero-order valence-electron chi connectivity index (χ0n) is 9.30. The van der Waals surface area contributed by atoms with Gasteiger partial charge in [0.1, 0.15) is 0 Å². The van der Waals surface area contributed by atoms with Crippen molar-refractivity contribution in [2.24, 2.45) is 0 Å². The highest BCUT2D eigenvalue weighted by Crippen LogP contribution is 2.23. The molecule has 4 nitrogen and oxygen atoms in total. The van der Waals surface area contributed by atoms with Gasteiger partial charge < -0.3 is 10.2 Å². The van der Waals surface area contributed by atoms with Gasteiger partial charge in [-0.2, -0.15) is 0 Å². The zero-order chi connectivity index (χ0) is 12.2. The highest BCUT2D eigenvalue weighted by Gasteiger charge is 2.18. The highest BCUT2D eigenvalue weighted by atomic mass is 32.2. The molecule has 0 spiro atoms. The first-order chi connectivity index (χ1) is 7.44. The number of aliphatic hydroxyl groups is 1. The average Bonchev–Trinajstić information content (AvgIpc) is 2.27.